The van der Waals surface area contributed by atoms with Crippen LogP contribution in [0.25, 0.3) is 0 Å². The zero-order valence-electron chi connectivity index (χ0n) is 53.8. The largest absolute Gasteiger partial charge is 0.545 e. The van der Waals surface area contributed by atoms with Crippen LogP contribution in [0.2, 0.25) is 0 Å². The normalized spacial score (nSPS) is 13.6. The van der Waals surface area contributed by atoms with Crippen molar-refractivity contribution in [3.63, 3.8) is 0 Å². The zero-order valence-corrected chi connectivity index (χ0v) is 53.8. The highest BCUT2D eigenvalue weighted by molar-refractivity contribution is 5.70. The summed E-state index contributed by atoms with van der Waals surface area (Å²) in [4.78, 5) is 37.4. The number of ether oxygens (including phenoxy) is 4. The summed E-state index contributed by atoms with van der Waals surface area (Å²) in [7, 11) is 5.92. The number of nitrogens with zero attached hydrogens (tertiary/aromatic N) is 1. The number of carboxylic acid groups (broad SMARTS) is 1. The van der Waals surface area contributed by atoms with Gasteiger partial charge in [0.1, 0.15) is 13.2 Å². The van der Waals surface area contributed by atoms with Gasteiger partial charge in [-0.25, -0.2) is 0 Å². The van der Waals surface area contributed by atoms with E-state index in [0.29, 0.717) is 17.4 Å². The first kappa shape index (κ1) is 78.4. The average Bonchev–Trinajstić information content (AvgIpc) is 3.46. The van der Waals surface area contributed by atoms with E-state index in [4.69, 9.17) is 18.9 Å². The van der Waals surface area contributed by atoms with Crippen LogP contribution >= 0.6 is 0 Å². The van der Waals surface area contributed by atoms with E-state index in [0.717, 1.165) is 122 Å². The van der Waals surface area contributed by atoms with Crippen LogP contribution in [0.1, 0.15) is 258 Å². The molecule has 0 fully saturated rings. The highest BCUT2D eigenvalue weighted by Crippen LogP contribution is 2.16. The van der Waals surface area contributed by atoms with Crippen LogP contribution in [0.4, 0.5) is 0 Å². The number of aliphatic carboxylic acids is 1. The minimum atomic E-state index is -1.63. The van der Waals surface area contributed by atoms with Gasteiger partial charge < -0.3 is 33.3 Å². The molecule has 0 aromatic rings. The van der Waals surface area contributed by atoms with Crippen molar-refractivity contribution in [2.75, 3.05) is 47.5 Å². The lowest BCUT2D eigenvalue weighted by molar-refractivity contribution is -0.870. The first-order valence-corrected chi connectivity index (χ1v) is 33.3. The molecule has 0 aliphatic rings. The molecule has 0 saturated carbocycles. The highest BCUT2D eigenvalue weighted by atomic mass is 16.7. The maximum Gasteiger partial charge on any atom is 0.306 e. The van der Waals surface area contributed by atoms with Crippen LogP contribution in [0.5, 0.6) is 0 Å². The van der Waals surface area contributed by atoms with Crippen molar-refractivity contribution in [1.29, 1.82) is 0 Å². The number of hydrogen-bond acceptors (Lipinski definition) is 8. The lowest BCUT2D eigenvalue weighted by Crippen LogP contribution is -2.44. The van der Waals surface area contributed by atoms with E-state index in [1.807, 2.05) is 21.1 Å². The summed E-state index contributed by atoms with van der Waals surface area (Å²) in [5, 5.41) is 11.8. The summed E-state index contributed by atoms with van der Waals surface area (Å²) < 4.78 is 22.7. The molecule has 0 bridgehead atoms. The van der Waals surface area contributed by atoms with Gasteiger partial charge in [0.2, 0.25) is 0 Å². The van der Waals surface area contributed by atoms with Gasteiger partial charge in [0.15, 0.2) is 12.4 Å². The van der Waals surface area contributed by atoms with Gasteiger partial charge >= 0.3 is 11.9 Å². The molecule has 0 heterocycles. The molecule has 0 rings (SSSR count). The second kappa shape index (κ2) is 63.5. The molecule has 0 spiro atoms. The van der Waals surface area contributed by atoms with E-state index in [2.05, 4.69) is 148 Å². The Morgan fingerprint density at radius 2 is 0.651 bits per heavy atom. The van der Waals surface area contributed by atoms with Crippen molar-refractivity contribution in [3.8, 4) is 0 Å². The van der Waals surface area contributed by atoms with Gasteiger partial charge in [0, 0.05) is 12.8 Å². The number of esters is 2. The van der Waals surface area contributed by atoms with E-state index < -0.39 is 24.3 Å². The summed E-state index contributed by atoms with van der Waals surface area (Å²) in [6.07, 6.45) is 88.1. The Hall–Kier alpha value is -4.57. The van der Waals surface area contributed by atoms with Crippen molar-refractivity contribution in [2.24, 2.45) is 0 Å². The van der Waals surface area contributed by atoms with Gasteiger partial charge in [0.05, 0.1) is 40.3 Å². The lowest BCUT2D eigenvalue weighted by atomic mass is 10.0. The van der Waals surface area contributed by atoms with Crippen molar-refractivity contribution in [3.05, 3.63) is 134 Å². The number of carboxylic acids is 1. The van der Waals surface area contributed by atoms with Crippen LogP contribution < -0.4 is 5.11 Å². The number of carbonyl (C=O) groups excluding carboxylic acids is 3. The molecule has 0 N–H and O–H groups in total. The van der Waals surface area contributed by atoms with Crippen LogP contribution in [-0.2, 0) is 33.3 Å². The van der Waals surface area contributed by atoms with E-state index in [-0.39, 0.29) is 38.6 Å². The predicted octanol–water partition coefficient (Wildman–Crippen LogP) is 19.2. The molecule has 83 heavy (non-hydrogen) atoms. The molecule has 9 heteroatoms. The number of allylic oxidation sites excluding steroid dienone is 22. The molecule has 0 radical (unpaired) electrons. The first-order chi connectivity index (χ1) is 40.6. The van der Waals surface area contributed by atoms with Gasteiger partial charge in [-0.1, -0.05) is 270 Å². The Kier molecular flexibility index (Phi) is 60.0. The molecular weight excluding hydrogens is 1030 g/mol. The molecule has 2 atom stereocenters. The van der Waals surface area contributed by atoms with Crippen molar-refractivity contribution in [1.82, 2.24) is 0 Å². The van der Waals surface area contributed by atoms with E-state index in [9.17, 15) is 19.5 Å². The standard InChI is InChI=1S/C74H123NO8/c1-6-8-10-12-14-16-18-20-22-24-25-26-27-28-29-30-31-32-33-34-35-36-37-38-39-40-41-42-43-44-45-46-47-49-51-53-55-57-59-61-63-65-72(77)83-70(69-82-74(73(78)79)80-67-66-75(3,4)5)68-81-71(76)64-62-60-58-56-54-52-50-48-23-21-19-17-15-13-11-9-7-2/h8-11,14-17,20-23,25-26,28-29,31-32,34-35,37-38,70,74H,6-7,12-13,18-19,24,27,30,33,36,39-69H2,1-5H3/b10-8-,11-9-,16-14-,17-15-,22-20-,23-21-,26-25-,29-28-,32-31-,35-34-,38-37-. The number of carbonyl (C=O) groups is 3. The molecule has 0 aliphatic carbocycles. The maximum absolute atomic E-state index is 12.9. The lowest BCUT2D eigenvalue weighted by Gasteiger charge is -2.26. The monoisotopic (exact) mass is 1150 g/mol. The summed E-state index contributed by atoms with van der Waals surface area (Å²) in [5.74, 6) is -2.30. The third-order valence-electron chi connectivity index (χ3n) is 13.9. The number of quaternary nitrogens is 1. The fraction of sp³-hybridized carbons (Fsp3) is 0.662. The van der Waals surface area contributed by atoms with E-state index in [1.165, 1.54) is 103 Å². The number of likely N-dealkylation sites (N-methyl/N-ethyl adjacent to an activating group) is 1. The topological polar surface area (TPSA) is 111 Å². The number of rotatable bonds is 60. The number of hydrogen-bond donors (Lipinski definition) is 0. The smallest absolute Gasteiger partial charge is 0.306 e. The Labute approximate surface area is 509 Å². The van der Waals surface area contributed by atoms with Crippen LogP contribution in [0.3, 0.4) is 0 Å². The fourth-order valence-electron chi connectivity index (χ4n) is 8.86. The molecule has 0 aromatic heterocycles. The second-order valence-electron chi connectivity index (χ2n) is 23.0. The first-order valence-electron chi connectivity index (χ1n) is 33.3. The summed E-state index contributed by atoms with van der Waals surface area (Å²) >= 11 is 0. The quantitative estimate of drug-likeness (QED) is 0.0195. The third-order valence-corrected chi connectivity index (χ3v) is 13.9. The molecule has 0 aliphatic heterocycles. The van der Waals surface area contributed by atoms with Gasteiger partial charge in [0.25, 0.3) is 0 Å². The molecule has 0 amide bonds. The second-order valence-corrected chi connectivity index (χ2v) is 23.0. The summed E-state index contributed by atoms with van der Waals surface area (Å²) in [5.41, 5.74) is 0. The summed E-state index contributed by atoms with van der Waals surface area (Å²) in [6, 6.07) is 0. The third kappa shape index (κ3) is 64.8. The summed E-state index contributed by atoms with van der Waals surface area (Å²) in [6.45, 7) is 4.51. The van der Waals surface area contributed by atoms with Gasteiger partial charge in [-0.05, 0) is 109 Å². The van der Waals surface area contributed by atoms with Crippen LogP contribution in [-0.4, -0.2) is 82.3 Å². The predicted molar refractivity (Wildman–Crippen MR) is 352 cm³/mol. The molecule has 472 valence electrons. The van der Waals surface area contributed by atoms with Gasteiger partial charge in [-0.3, -0.25) is 9.59 Å². The minimum absolute atomic E-state index is 0.141. The molecular formula is C74H123NO8. The Morgan fingerprint density at radius 3 is 0.964 bits per heavy atom. The zero-order chi connectivity index (χ0) is 60.5. The highest BCUT2D eigenvalue weighted by Gasteiger charge is 2.22. The van der Waals surface area contributed by atoms with Crippen LogP contribution in [0, 0.1) is 0 Å². The average molecular weight is 1150 g/mol. The minimum Gasteiger partial charge on any atom is -0.545 e. The van der Waals surface area contributed by atoms with Crippen molar-refractivity contribution < 1.29 is 42.9 Å². The van der Waals surface area contributed by atoms with Crippen molar-refractivity contribution in [2.45, 2.75) is 270 Å². The molecule has 2 unspecified atom stereocenters. The van der Waals surface area contributed by atoms with E-state index >= 15 is 0 Å². The Balaban J connectivity index is 4.07. The van der Waals surface area contributed by atoms with Gasteiger partial charge in [-0.15, -0.1) is 0 Å². The Morgan fingerprint density at radius 1 is 0.361 bits per heavy atom. The Bertz CT molecular complexity index is 1820. The molecule has 0 saturated heterocycles. The van der Waals surface area contributed by atoms with Crippen molar-refractivity contribution >= 4 is 17.9 Å². The molecule has 0 aromatic carbocycles. The number of unbranched alkanes of at least 4 members (excludes halogenated alkanes) is 23. The van der Waals surface area contributed by atoms with Gasteiger partial charge in [-0.2, -0.15) is 0 Å². The SMILES string of the molecule is CC/C=C\C/C=C\C/C=C\C/C=C\C/C=C\C/C=C\C/C=C\C/C=C\CCCCCCCCCCCCCCCCCCC(=O)OC(COC(=O)CCCCCCCCC/C=C\C/C=C\C/C=C\CC)COC(OCC[N+](C)(C)C)C(=O)[O-]. The fourth-order valence-corrected chi connectivity index (χ4v) is 8.86. The maximum atomic E-state index is 12.9. The van der Waals surface area contributed by atoms with E-state index in [1.54, 1.807) is 0 Å². The van der Waals surface area contributed by atoms with Crippen LogP contribution in [0.15, 0.2) is 134 Å². The molecule has 9 nitrogen and oxygen atoms in total.